The maximum atomic E-state index is 13.1. The first-order valence-electron chi connectivity index (χ1n) is 5.98. The predicted molar refractivity (Wildman–Crippen MR) is 75.7 cm³/mol. The Morgan fingerprint density at radius 2 is 2.28 bits per heavy atom. The van der Waals surface area contributed by atoms with E-state index in [1.807, 2.05) is 6.92 Å². The fourth-order valence-electron chi connectivity index (χ4n) is 2.34. The van der Waals surface area contributed by atoms with Gasteiger partial charge in [-0.25, -0.2) is 4.39 Å². The number of likely N-dealkylation sites (tertiary alicyclic amines) is 1. The summed E-state index contributed by atoms with van der Waals surface area (Å²) in [5.41, 5.74) is 6.75. The van der Waals surface area contributed by atoms with Gasteiger partial charge in [-0.2, -0.15) is 0 Å². The molecule has 0 spiro atoms. The Bertz CT molecular complexity index is 399. The molecule has 102 valence electrons. The second-order valence-corrected chi connectivity index (χ2v) is 5.29. The first-order chi connectivity index (χ1) is 8.06. The molecule has 1 heterocycles. The molecule has 2 N–H and O–H groups in total. The van der Waals surface area contributed by atoms with E-state index < -0.39 is 0 Å². The summed E-state index contributed by atoms with van der Waals surface area (Å²) in [6.07, 6.45) is 1.12. The molecule has 1 aromatic rings. The van der Waals surface area contributed by atoms with E-state index in [9.17, 15) is 4.39 Å². The zero-order valence-electron chi connectivity index (χ0n) is 10.4. The number of halogens is 3. The van der Waals surface area contributed by atoms with Crippen LogP contribution < -0.4 is 5.73 Å². The molecule has 0 saturated carbocycles. The van der Waals surface area contributed by atoms with Crippen molar-refractivity contribution in [1.29, 1.82) is 0 Å². The zero-order valence-corrected chi connectivity index (χ0v) is 12.0. The topological polar surface area (TPSA) is 29.3 Å². The van der Waals surface area contributed by atoms with E-state index in [4.69, 9.17) is 17.3 Å². The second-order valence-electron chi connectivity index (χ2n) is 4.88. The molecular weight excluding hydrogens is 274 g/mol. The van der Waals surface area contributed by atoms with Crippen LogP contribution in [0.3, 0.4) is 0 Å². The Morgan fingerprint density at radius 3 is 2.89 bits per heavy atom. The van der Waals surface area contributed by atoms with Gasteiger partial charge in [-0.1, -0.05) is 11.6 Å². The van der Waals surface area contributed by atoms with Crippen molar-refractivity contribution in [3.63, 3.8) is 0 Å². The van der Waals surface area contributed by atoms with Gasteiger partial charge in [0.2, 0.25) is 0 Å². The predicted octanol–water partition coefficient (Wildman–Crippen LogP) is 3.07. The number of nitrogens with zero attached hydrogens (tertiary/aromatic N) is 1. The van der Waals surface area contributed by atoms with Crippen molar-refractivity contribution in [1.82, 2.24) is 4.90 Å². The average Bonchev–Trinajstić information content (AvgIpc) is 2.72. The zero-order chi connectivity index (χ0) is 12.4. The van der Waals surface area contributed by atoms with Gasteiger partial charge in [-0.15, -0.1) is 12.4 Å². The molecule has 0 bridgehead atoms. The Hall–Kier alpha value is -0.350. The van der Waals surface area contributed by atoms with E-state index in [1.54, 1.807) is 6.07 Å². The lowest BCUT2D eigenvalue weighted by molar-refractivity contribution is 0.308. The number of nitrogens with two attached hydrogens (primary N) is 1. The number of benzene rings is 1. The maximum Gasteiger partial charge on any atom is 0.123 e. The largest absolute Gasteiger partial charge is 0.328 e. The van der Waals surface area contributed by atoms with Crippen LogP contribution in [0.5, 0.6) is 0 Å². The maximum absolute atomic E-state index is 13.1. The van der Waals surface area contributed by atoms with Gasteiger partial charge in [-0.05, 0) is 49.6 Å². The summed E-state index contributed by atoms with van der Waals surface area (Å²) < 4.78 is 13.1. The molecule has 5 heteroatoms. The van der Waals surface area contributed by atoms with E-state index in [2.05, 4.69) is 4.90 Å². The third kappa shape index (κ3) is 3.82. The Kier molecular flexibility index (Phi) is 5.86. The first-order valence-corrected chi connectivity index (χ1v) is 6.36. The highest BCUT2D eigenvalue weighted by Gasteiger charge is 2.25. The molecule has 1 aliphatic heterocycles. The SMILES string of the molecule is CC(N)C1CCN(Cc2cc(F)ccc2Cl)C1.Cl. The highest BCUT2D eigenvalue weighted by molar-refractivity contribution is 6.31. The van der Waals surface area contributed by atoms with Crippen molar-refractivity contribution < 1.29 is 4.39 Å². The fourth-order valence-corrected chi connectivity index (χ4v) is 2.52. The number of rotatable bonds is 3. The van der Waals surface area contributed by atoms with Crippen LogP contribution in [0.15, 0.2) is 18.2 Å². The van der Waals surface area contributed by atoms with Crippen LogP contribution in [0.4, 0.5) is 4.39 Å². The minimum atomic E-state index is -0.229. The summed E-state index contributed by atoms with van der Waals surface area (Å²) in [4.78, 5) is 2.29. The summed E-state index contributed by atoms with van der Waals surface area (Å²) in [5.74, 6) is 0.315. The molecule has 2 nitrogen and oxygen atoms in total. The van der Waals surface area contributed by atoms with Crippen LogP contribution in [0.2, 0.25) is 5.02 Å². The molecule has 0 aliphatic carbocycles. The molecule has 2 unspecified atom stereocenters. The molecule has 1 fully saturated rings. The van der Waals surface area contributed by atoms with Gasteiger partial charge in [0.05, 0.1) is 0 Å². The monoisotopic (exact) mass is 292 g/mol. The van der Waals surface area contributed by atoms with Crippen LogP contribution >= 0.6 is 24.0 Å². The van der Waals surface area contributed by atoms with Gasteiger partial charge in [-0.3, -0.25) is 4.90 Å². The number of hydrogen-bond acceptors (Lipinski definition) is 2. The molecule has 0 radical (unpaired) electrons. The normalized spacial score (nSPS) is 21.7. The lowest BCUT2D eigenvalue weighted by Gasteiger charge is -2.18. The summed E-state index contributed by atoms with van der Waals surface area (Å²) in [7, 11) is 0. The molecule has 0 aromatic heterocycles. The number of hydrogen-bond donors (Lipinski definition) is 1. The van der Waals surface area contributed by atoms with Crippen molar-refractivity contribution in [2.24, 2.45) is 11.7 Å². The minimum Gasteiger partial charge on any atom is -0.328 e. The highest BCUT2D eigenvalue weighted by atomic mass is 35.5. The van der Waals surface area contributed by atoms with Crippen LogP contribution in [0, 0.1) is 11.7 Å². The summed E-state index contributed by atoms with van der Waals surface area (Å²) in [5, 5.41) is 0.635. The van der Waals surface area contributed by atoms with Crippen LogP contribution in [0.1, 0.15) is 18.9 Å². The molecule has 1 aliphatic rings. The molecule has 2 atom stereocenters. The molecule has 2 rings (SSSR count). The standard InChI is InChI=1S/C13H18ClFN2.ClH/c1-9(16)10-4-5-17(7-10)8-11-6-12(15)2-3-13(11)14;/h2-3,6,9-10H,4-5,7-8,16H2,1H3;1H. The quantitative estimate of drug-likeness (QED) is 0.928. The van der Waals surface area contributed by atoms with Crippen molar-refractivity contribution in [3.05, 3.63) is 34.6 Å². The van der Waals surface area contributed by atoms with Gasteiger partial charge < -0.3 is 5.73 Å². The molecule has 18 heavy (non-hydrogen) atoms. The van der Waals surface area contributed by atoms with E-state index in [1.165, 1.54) is 12.1 Å². The Labute approximate surface area is 119 Å². The fraction of sp³-hybridized carbons (Fsp3) is 0.538. The van der Waals surface area contributed by atoms with E-state index in [0.717, 1.165) is 25.1 Å². The van der Waals surface area contributed by atoms with E-state index in [0.29, 0.717) is 17.5 Å². The molecule has 1 saturated heterocycles. The average molecular weight is 293 g/mol. The van der Waals surface area contributed by atoms with Gasteiger partial charge in [0.25, 0.3) is 0 Å². The lowest BCUT2D eigenvalue weighted by Crippen LogP contribution is -2.29. The Morgan fingerprint density at radius 1 is 1.56 bits per heavy atom. The summed E-state index contributed by atoms with van der Waals surface area (Å²) >= 11 is 6.06. The van der Waals surface area contributed by atoms with Crippen LogP contribution in [0.25, 0.3) is 0 Å². The van der Waals surface area contributed by atoms with Gasteiger partial charge >= 0.3 is 0 Å². The first kappa shape index (κ1) is 15.7. The van der Waals surface area contributed by atoms with Crippen LogP contribution in [-0.2, 0) is 6.54 Å². The minimum absolute atomic E-state index is 0. The third-order valence-corrected chi connectivity index (χ3v) is 3.82. The Balaban J connectivity index is 0.00000162. The van der Waals surface area contributed by atoms with E-state index >= 15 is 0 Å². The van der Waals surface area contributed by atoms with Crippen LogP contribution in [-0.4, -0.2) is 24.0 Å². The summed E-state index contributed by atoms with van der Waals surface area (Å²) in [6.45, 7) is 4.74. The third-order valence-electron chi connectivity index (χ3n) is 3.45. The van der Waals surface area contributed by atoms with Crippen molar-refractivity contribution in [2.75, 3.05) is 13.1 Å². The molecule has 0 amide bonds. The molecule has 1 aromatic carbocycles. The van der Waals surface area contributed by atoms with Crippen molar-refractivity contribution >= 4 is 24.0 Å². The lowest BCUT2D eigenvalue weighted by atomic mass is 10.0. The highest BCUT2D eigenvalue weighted by Crippen LogP contribution is 2.24. The van der Waals surface area contributed by atoms with Crippen molar-refractivity contribution in [2.45, 2.75) is 25.9 Å². The smallest absolute Gasteiger partial charge is 0.123 e. The summed E-state index contributed by atoms with van der Waals surface area (Å²) in [6, 6.07) is 4.75. The van der Waals surface area contributed by atoms with Gasteiger partial charge in [0.1, 0.15) is 5.82 Å². The molecular formula is C13H19Cl2FN2. The second kappa shape index (κ2) is 6.71. The van der Waals surface area contributed by atoms with Gasteiger partial charge in [0.15, 0.2) is 0 Å². The van der Waals surface area contributed by atoms with E-state index in [-0.39, 0.29) is 24.3 Å². The van der Waals surface area contributed by atoms with Gasteiger partial charge in [0, 0.05) is 24.2 Å². The van der Waals surface area contributed by atoms with Crippen molar-refractivity contribution in [3.8, 4) is 0 Å².